The van der Waals surface area contributed by atoms with Crippen molar-refractivity contribution in [1.82, 2.24) is 0 Å². The van der Waals surface area contributed by atoms with E-state index in [-0.39, 0.29) is 5.91 Å². The Bertz CT molecular complexity index is 711. The molecular weight excluding hydrogens is 278 g/mol. The number of rotatable bonds is 2. The molecule has 0 aliphatic carbocycles. The fraction of sp³-hybridized carbons (Fsp3) is 0.278. The number of amides is 1. The number of hydrogen-bond acceptors (Lipinski definition) is 3. The minimum Gasteiger partial charge on any atom is -0.497 e. The SMILES string of the molecule is COc1cccc(C(=O)N2CCC(O)c3cc(C)ccc32)c1. The van der Waals surface area contributed by atoms with Gasteiger partial charge in [-0.2, -0.15) is 0 Å². The van der Waals surface area contributed by atoms with Crippen LogP contribution in [0.4, 0.5) is 5.69 Å². The summed E-state index contributed by atoms with van der Waals surface area (Å²) in [5.41, 5.74) is 3.27. The third-order valence-corrected chi connectivity index (χ3v) is 4.02. The number of fused-ring (bicyclic) bond motifs is 1. The Morgan fingerprint density at radius 1 is 1.27 bits per heavy atom. The molecule has 0 aromatic heterocycles. The highest BCUT2D eigenvalue weighted by Crippen LogP contribution is 2.35. The molecule has 3 rings (SSSR count). The fourth-order valence-electron chi connectivity index (χ4n) is 2.84. The van der Waals surface area contributed by atoms with Gasteiger partial charge in [0.2, 0.25) is 0 Å². The minimum absolute atomic E-state index is 0.0732. The molecule has 2 aromatic carbocycles. The first-order valence-corrected chi connectivity index (χ1v) is 7.34. The van der Waals surface area contributed by atoms with E-state index >= 15 is 0 Å². The summed E-state index contributed by atoms with van der Waals surface area (Å²) >= 11 is 0. The van der Waals surface area contributed by atoms with Crippen molar-refractivity contribution in [2.45, 2.75) is 19.4 Å². The molecule has 0 saturated carbocycles. The molecule has 2 aromatic rings. The van der Waals surface area contributed by atoms with Crippen LogP contribution in [0.3, 0.4) is 0 Å². The molecule has 1 aliphatic heterocycles. The number of aliphatic hydroxyl groups is 1. The third-order valence-electron chi connectivity index (χ3n) is 4.02. The zero-order chi connectivity index (χ0) is 15.7. The molecule has 0 spiro atoms. The highest BCUT2D eigenvalue weighted by Gasteiger charge is 2.28. The number of anilines is 1. The molecule has 0 bridgehead atoms. The van der Waals surface area contributed by atoms with Gasteiger partial charge in [0.25, 0.3) is 5.91 Å². The van der Waals surface area contributed by atoms with Gasteiger partial charge in [0.05, 0.1) is 13.2 Å². The van der Waals surface area contributed by atoms with Crippen molar-refractivity contribution in [2.75, 3.05) is 18.6 Å². The average molecular weight is 297 g/mol. The lowest BCUT2D eigenvalue weighted by Gasteiger charge is -2.32. The number of carbonyl (C=O) groups excluding carboxylic acids is 1. The van der Waals surface area contributed by atoms with E-state index in [4.69, 9.17) is 4.74 Å². The summed E-state index contributed by atoms with van der Waals surface area (Å²) in [5, 5.41) is 10.2. The summed E-state index contributed by atoms with van der Waals surface area (Å²) in [6.45, 7) is 2.49. The molecule has 4 heteroatoms. The van der Waals surface area contributed by atoms with Crippen molar-refractivity contribution in [2.24, 2.45) is 0 Å². The van der Waals surface area contributed by atoms with E-state index < -0.39 is 6.10 Å². The molecule has 1 N–H and O–H groups in total. The number of aliphatic hydroxyl groups excluding tert-OH is 1. The maximum absolute atomic E-state index is 12.8. The Balaban J connectivity index is 1.99. The lowest BCUT2D eigenvalue weighted by Crippen LogP contribution is -2.36. The highest BCUT2D eigenvalue weighted by molar-refractivity contribution is 6.07. The Hall–Kier alpha value is -2.33. The molecule has 1 atom stereocenters. The van der Waals surface area contributed by atoms with Crippen LogP contribution in [0.2, 0.25) is 0 Å². The van der Waals surface area contributed by atoms with Gasteiger partial charge in [0, 0.05) is 23.4 Å². The van der Waals surface area contributed by atoms with Crippen LogP contribution in [0.1, 0.15) is 34.0 Å². The van der Waals surface area contributed by atoms with Gasteiger partial charge in [-0.3, -0.25) is 4.79 Å². The zero-order valence-electron chi connectivity index (χ0n) is 12.7. The van der Waals surface area contributed by atoms with Crippen LogP contribution >= 0.6 is 0 Å². The molecular formula is C18H19NO3. The van der Waals surface area contributed by atoms with Gasteiger partial charge in [-0.25, -0.2) is 0 Å². The number of nitrogens with zero attached hydrogens (tertiary/aromatic N) is 1. The average Bonchev–Trinajstić information content (AvgIpc) is 2.55. The van der Waals surface area contributed by atoms with Gasteiger partial charge in [0.1, 0.15) is 5.75 Å². The monoisotopic (exact) mass is 297 g/mol. The van der Waals surface area contributed by atoms with E-state index in [9.17, 15) is 9.90 Å². The number of aryl methyl sites for hydroxylation is 1. The van der Waals surface area contributed by atoms with Gasteiger partial charge < -0.3 is 14.7 Å². The molecule has 1 heterocycles. The third kappa shape index (κ3) is 2.57. The summed E-state index contributed by atoms with van der Waals surface area (Å²) in [6.07, 6.45) is 0.0378. The van der Waals surface area contributed by atoms with Gasteiger partial charge in [-0.05, 0) is 37.6 Å². The van der Waals surface area contributed by atoms with Crippen molar-refractivity contribution in [3.63, 3.8) is 0 Å². The van der Waals surface area contributed by atoms with Crippen LogP contribution in [-0.2, 0) is 0 Å². The zero-order valence-corrected chi connectivity index (χ0v) is 12.7. The summed E-state index contributed by atoms with van der Waals surface area (Å²) in [5.74, 6) is 0.586. The lowest BCUT2D eigenvalue weighted by molar-refractivity contribution is 0.0970. The highest BCUT2D eigenvalue weighted by atomic mass is 16.5. The molecule has 0 saturated heterocycles. The van der Waals surface area contributed by atoms with Gasteiger partial charge in [-0.1, -0.05) is 23.8 Å². The second-order valence-corrected chi connectivity index (χ2v) is 5.56. The smallest absolute Gasteiger partial charge is 0.258 e. The van der Waals surface area contributed by atoms with Crippen LogP contribution < -0.4 is 9.64 Å². The van der Waals surface area contributed by atoms with E-state index in [1.165, 1.54) is 0 Å². The quantitative estimate of drug-likeness (QED) is 0.926. The predicted molar refractivity (Wildman–Crippen MR) is 85.4 cm³/mol. The van der Waals surface area contributed by atoms with Gasteiger partial charge in [-0.15, -0.1) is 0 Å². The van der Waals surface area contributed by atoms with Crippen molar-refractivity contribution in [3.05, 3.63) is 59.2 Å². The maximum Gasteiger partial charge on any atom is 0.258 e. The summed E-state index contributed by atoms with van der Waals surface area (Å²) in [6, 6.07) is 13.0. The standard InChI is InChI=1S/C18H19NO3/c1-12-6-7-16-15(10-12)17(20)8-9-19(16)18(21)13-4-3-5-14(11-13)22-2/h3-7,10-11,17,20H,8-9H2,1-2H3. The number of methoxy groups -OCH3 is 1. The molecule has 0 radical (unpaired) electrons. The molecule has 114 valence electrons. The predicted octanol–water partition coefficient (Wildman–Crippen LogP) is 3.09. The van der Waals surface area contributed by atoms with Crippen molar-refractivity contribution in [3.8, 4) is 5.75 Å². The first-order chi connectivity index (χ1) is 10.6. The Kier molecular flexibility index (Phi) is 3.86. The van der Waals surface area contributed by atoms with E-state index in [0.29, 0.717) is 24.3 Å². The summed E-state index contributed by atoms with van der Waals surface area (Å²) < 4.78 is 5.18. The molecule has 1 aliphatic rings. The van der Waals surface area contributed by atoms with Crippen molar-refractivity contribution >= 4 is 11.6 Å². The molecule has 1 unspecified atom stereocenters. The first-order valence-electron chi connectivity index (χ1n) is 7.34. The van der Waals surface area contributed by atoms with Crippen LogP contribution in [0, 0.1) is 6.92 Å². The van der Waals surface area contributed by atoms with Gasteiger partial charge in [0.15, 0.2) is 0 Å². The normalized spacial score (nSPS) is 17.0. The van der Waals surface area contributed by atoms with E-state index in [0.717, 1.165) is 16.8 Å². The second kappa shape index (κ2) is 5.81. The van der Waals surface area contributed by atoms with Crippen molar-refractivity contribution < 1.29 is 14.6 Å². The number of hydrogen-bond donors (Lipinski definition) is 1. The summed E-state index contributed by atoms with van der Waals surface area (Å²) in [7, 11) is 1.58. The van der Waals surface area contributed by atoms with Crippen LogP contribution in [0.5, 0.6) is 5.75 Å². The Morgan fingerprint density at radius 2 is 2.09 bits per heavy atom. The van der Waals surface area contributed by atoms with Crippen molar-refractivity contribution in [1.29, 1.82) is 0 Å². The summed E-state index contributed by atoms with van der Waals surface area (Å²) in [4.78, 5) is 14.5. The lowest BCUT2D eigenvalue weighted by atomic mass is 9.96. The van der Waals surface area contributed by atoms with E-state index in [2.05, 4.69) is 0 Å². The topological polar surface area (TPSA) is 49.8 Å². The van der Waals surface area contributed by atoms with Crippen LogP contribution in [0.25, 0.3) is 0 Å². The van der Waals surface area contributed by atoms with Crippen LogP contribution in [0.15, 0.2) is 42.5 Å². The largest absolute Gasteiger partial charge is 0.497 e. The molecule has 1 amide bonds. The van der Waals surface area contributed by atoms with E-state index in [1.54, 1.807) is 30.2 Å². The Morgan fingerprint density at radius 3 is 2.86 bits per heavy atom. The maximum atomic E-state index is 12.8. The molecule has 4 nitrogen and oxygen atoms in total. The van der Waals surface area contributed by atoms with Gasteiger partial charge >= 0.3 is 0 Å². The minimum atomic E-state index is -0.510. The Labute approximate surface area is 130 Å². The second-order valence-electron chi connectivity index (χ2n) is 5.56. The molecule has 0 fully saturated rings. The van der Waals surface area contributed by atoms with E-state index in [1.807, 2.05) is 31.2 Å². The number of benzene rings is 2. The first kappa shape index (κ1) is 14.6. The van der Waals surface area contributed by atoms with Crippen LogP contribution in [-0.4, -0.2) is 24.7 Å². The molecule has 22 heavy (non-hydrogen) atoms. The fourth-order valence-corrected chi connectivity index (χ4v) is 2.84. The number of carbonyl (C=O) groups is 1. The number of ether oxygens (including phenoxy) is 1.